The van der Waals surface area contributed by atoms with Gasteiger partial charge in [-0.05, 0) is 37.1 Å². The van der Waals surface area contributed by atoms with Gasteiger partial charge in [0.2, 0.25) is 5.91 Å². The SMILES string of the molecule is CN(C)c1ccc(NC(=O)C2(C(=O)O)CCC2)cc1. The van der Waals surface area contributed by atoms with Gasteiger partial charge >= 0.3 is 5.97 Å². The van der Waals surface area contributed by atoms with Gasteiger partial charge in [-0.1, -0.05) is 6.42 Å². The lowest BCUT2D eigenvalue weighted by molar-refractivity contribution is -0.159. The van der Waals surface area contributed by atoms with Crippen LogP contribution in [0.5, 0.6) is 0 Å². The van der Waals surface area contributed by atoms with Crippen molar-refractivity contribution in [3.05, 3.63) is 24.3 Å². The van der Waals surface area contributed by atoms with Crippen molar-refractivity contribution in [3.63, 3.8) is 0 Å². The molecule has 1 amide bonds. The lowest BCUT2D eigenvalue weighted by atomic mass is 9.68. The lowest BCUT2D eigenvalue weighted by Gasteiger charge is -2.35. The quantitative estimate of drug-likeness (QED) is 0.814. The van der Waals surface area contributed by atoms with Crippen LogP contribution in [0.3, 0.4) is 0 Å². The molecule has 0 aromatic heterocycles. The number of carbonyl (C=O) groups is 2. The summed E-state index contributed by atoms with van der Waals surface area (Å²) >= 11 is 0. The van der Waals surface area contributed by atoms with E-state index in [0.717, 1.165) is 12.1 Å². The van der Waals surface area contributed by atoms with Gasteiger partial charge in [-0.15, -0.1) is 0 Å². The van der Waals surface area contributed by atoms with E-state index in [1.54, 1.807) is 12.1 Å². The van der Waals surface area contributed by atoms with Crippen LogP contribution >= 0.6 is 0 Å². The molecule has 102 valence electrons. The van der Waals surface area contributed by atoms with E-state index in [9.17, 15) is 14.7 Å². The van der Waals surface area contributed by atoms with Crippen molar-refractivity contribution < 1.29 is 14.7 Å². The molecule has 0 spiro atoms. The Kier molecular flexibility index (Phi) is 3.46. The Bertz CT molecular complexity index is 490. The molecular weight excluding hydrogens is 244 g/mol. The highest BCUT2D eigenvalue weighted by Gasteiger charge is 2.51. The van der Waals surface area contributed by atoms with Crippen LogP contribution in [0.2, 0.25) is 0 Å². The first-order valence-corrected chi connectivity index (χ1v) is 6.28. The summed E-state index contributed by atoms with van der Waals surface area (Å²) in [6.45, 7) is 0. The monoisotopic (exact) mass is 262 g/mol. The van der Waals surface area contributed by atoms with Crippen molar-refractivity contribution in [3.8, 4) is 0 Å². The minimum atomic E-state index is -1.22. The maximum Gasteiger partial charge on any atom is 0.319 e. The summed E-state index contributed by atoms with van der Waals surface area (Å²) < 4.78 is 0. The van der Waals surface area contributed by atoms with Crippen molar-refractivity contribution in [1.82, 2.24) is 0 Å². The number of nitrogens with zero attached hydrogens (tertiary/aromatic N) is 1. The molecule has 1 saturated carbocycles. The highest BCUT2D eigenvalue weighted by atomic mass is 16.4. The number of hydrogen-bond donors (Lipinski definition) is 2. The summed E-state index contributed by atoms with van der Waals surface area (Å²) in [5, 5.41) is 11.9. The maximum atomic E-state index is 12.1. The van der Waals surface area contributed by atoms with E-state index in [1.165, 1.54) is 0 Å². The second-order valence-electron chi connectivity index (χ2n) is 5.14. The van der Waals surface area contributed by atoms with Gasteiger partial charge in [-0.3, -0.25) is 9.59 Å². The normalized spacial score (nSPS) is 16.3. The molecule has 1 aliphatic rings. The molecule has 0 aliphatic heterocycles. The lowest BCUT2D eigenvalue weighted by Crippen LogP contribution is -2.48. The molecule has 0 saturated heterocycles. The van der Waals surface area contributed by atoms with E-state index in [1.807, 2.05) is 31.1 Å². The first-order valence-electron chi connectivity index (χ1n) is 6.28. The number of carboxylic acids is 1. The zero-order valence-corrected chi connectivity index (χ0v) is 11.1. The van der Waals surface area contributed by atoms with Gasteiger partial charge in [0, 0.05) is 25.5 Å². The zero-order valence-electron chi connectivity index (χ0n) is 11.1. The third-order valence-corrected chi connectivity index (χ3v) is 3.69. The number of anilines is 2. The molecular formula is C14H18N2O3. The number of aliphatic carboxylic acids is 1. The topological polar surface area (TPSA) is 69.6 Å². The molecule has 1 aliphatic carbocycles. The largest absolute Gasteiger partial charge is 0.480 e. The van der Waals surface area contributed by atoms with Crippen molar-refractivity contribution in [2.24, 2.45) is 5.41 Å². The molecule has 1 aromatic carbocycles. The van der Waals surface area contributed by atoms with E-state index in [2.05, 4.69) is 5.32 Å². The Hall–Kier alpha value is -2.04. The predicted octanol–water partition coefficient (Wildman–Crippen LogP) is 1.95. The first kappa shape index (κ1) is 13.4. The number of carbonyl (C=O) groups excluding carboxylic acids is 1. The van der Waals surface area contributed by atoms with Gasteiger partial charge < -0.3 is 15.3 Å². The van der Waals surface area contributed by atoms with Gasteiger partial charge in [0.1, 0.15) is 5.41 Å². The standard InChI is InChI=1S/C14H18N2O3/c1-16(2)11-6-4-10(5-7-11)15-12(17)14(13(18)19)8-3-9-14/h4-7H,3,8-9H2,1-2H3,(H,15,17)(H,18,19). The van der Waals surface area contributed by atoms with Gasteiger partial charge in [-0.2, -0.15) is 0 Å². The highest BCUT2D eigenvalue weighted by molar-refractivity contribution is 6.09. The van der Waals surface area contributed by atoms with Crippen LogP contribution in [0.25, 0.3) is 0 Å². The molecule has 1 fully saturated rings. The molecule has 5 nitrogen and oxygen atoms in total. The fourth-order valence-electron chi connectivity index (χ4n) is 2.16. The summed E-state index contributed by atoms with van der Waals surface area (Å²) in [6, 6.07) is 7.32. The van der Waals surface area contributed by atoms with Crippen LogP contribution in [0.1, 0.15) is 19.3 Å². The molecule has 0 heterocycles. The first-order chi connectivity index (χ1) is 8.95. The minimum Gasteiger partial charge on any atom is -0.480 e. The molecule has 5 heteroatoms. The summed E-state index contributed by atoms with van der Waals surface area (Å²) in [5.41, 5.74) is 0.429. The summed E-state index contributed by atoms with van der Waals surface area (Å²) in [6.07, 6.45) is 1.63. The predicted molar refractivity (Wildman–Crippen MR) is 73.3 cm³/mol. The van der Waals surface area contributed by atoms with E-state index in [4.69, 9.17) is 0 Å². The Labute approximate surface area is 112 Å². The number of carboxylic acid groups (broad SMARTS) is 1. The number of nitrogens with one attached hydrogen (secondary N) is 1. The van der Waals surface area contributed by atoms with Gasteiger partial charge in [0.25, 0.3) is 0 Å². The Morgan fingerprint density at radius 3 is 2.16 bits per heavy atom. The van der Waals surface area contributed by atoms with Crippen LogP contribution in [0.15, 0.2) is 24.3 Å². The van der Waals surface area contributed by atoms with E-state index < -0.39 is 17.3 Å². The van der Waals surface area contributed by atoms with Crippen molar-refractivity contribution in [2.45, 2.75) is 19.3 Å². The molecule has 1 aromatic rings. The third kappa shape index (κ3) is 2.41. The number of rotatable bonds is 4. The number of hydrogen-bond acceptors (Lipinski definition) is 3. The molecule has 2 rings (SSSR count). The van der Waals surface area contributed by atoms with Gasteiger partial charge in [0.05, 0.1) is 0 Å². The Balaban J connectivity index is 2.08. The van der Waals surface area contributed by atoms with Crippen LogP contribution in [-0.4, -0.2) is 31.1 Å². The second kappa shape index (κ2) is 4.91. The molecule has 0 unspecified atom stereocenters. The average molecular weight is 262 g/mol. The van der Waals surface area contributed by atoms with Gasteiger partial charge in [-0.25, -0.2) is 0 Å². The van der Waals surface area contributed by atoms with E-state index >= 15 is 0 Å². The molecule has 0 atom stereocenters. The van der Waals surface area contributed by atoms with Crippen LogP contribution < -0.4 is 10.2 Å². The highest BCUT2D eigenvalue weighted by Crippen LogP contribution is 2.42. The minimum absolute atomic E-state index is 0.413. The van der Waals surface area contributed by atoms with Crippen molar-refractivity contribution >= 4 is 23.3 Å². The van der Waals surface area contributed by atoms with Crippen molar-refractivity contribution in [1.29, 1.82) is 0 Å². The summed E-state index contributed by atoms with van der Waals surface area (Å²) in [4.78, 5) is 25.2. The van der Waals surface area contributed by atoms with Crippen LogP contribution in [0, 0.1) is 5.41 Å². The van der Waals surface area contributed by atoms with Gasteiger partial charge in [0.15, 0.2) is 0 Å². The van der Waals surface area contributed by atoms with E-state index in [0.29, 0.717) is 18.5 Å². The van der Waals surface area contributed by atoms with E-state index in [-0.39, 0.29) is 0 Å². The zero-order chi connectivity index (χ0) is 14.0. The number of benzene rings is 1. The smallest absolute Gasteiger partial charge is 0.319 e. The molecule has 19 heavy (non-hydrogen) atoms. The van der Waals surface area contributed by atoms with Crippen LogP contribution in [-0.2, 0) is 9.59 Å². The Morgan fingerprint density at radius 2 is 1.79 bits per heavy atom. The summed E-state index contributed by atoms with van der Waals surface area (Å²) in [5.74, 6) is -1.44. The molecule has 2 N–H and O–H groups in total. The Morgan fingerprint density at radius 1 is 1.21 bits per heavy atom. The molecule has 0 bridgehead atoms. The molecule has 0 radical (unpaired) electrons. The third-order valence-electron chi connectivity index (χ3n) is 3.69. The number of amides is 1. The summed E-state index contributed by atoms with van der Waals surface area (Å²) in [7, 11) is 3.86. The average Bonchev–Trinajstić information content (AvgIpc) is 2.27. The fourth-order valence-corrected chi connectivity index (χ4v) is 2.16. The maximum absolute atomic E-state index is 12.1. The van der Waals surface area contributed by atoms with Crippen molar-refractivity contribution in [2.75, 3.05) is 24.3 Å². The van der Waals surface area contributed by atoms with Crippen LogP contribution in [0.4, 0.5) is 11.4 Å². The second-order valence-corrected chi connectivity index (χ2v) is 5.14. The fraction of sp³-hybridized carbons (Fsp3) is 0.429.